The van der Waals surface area contributed by atoms with Crippen LogP contribution in [0.25, 0.3) is 0 Å². The highest BCUT2D eigenvalue weighted by Crippen LogP contribution is 2.18. The second-order valence-corrected chi connectivity index (χ2v) is 6.53. The molecule has 0 bridgehead atoms. The maximum absolute atomic E-state index is 11.9. The number of esters is 1. The summed E-state index contributed by atoms with van der Waals surface area (Å²) in [4.78, 5) is 18.9. The van der Waals surface area contributed by atoms with Crippen LogP contribution >= 0.6 is 24.0 Å². The summed E-state index contributed by atoms with van der Waals surface area (Å²) in [5, 5.41) is 3.45. The van der Waals surface area contributed by atoms with Crippen LogP contribution in [0.4, 0.5) is 0 Å². The van der Waals surface area contributed by atoms with E-state index in [2.05, 4.69) is 10.2 Å². The molecule has 1 saturated heterocycles. The van der Waals surface area contributed by atoms with Gasteiger partial charge in [-0.15, -0.1) is 24.0 Å². The largest absolute Gasteiger partial charge is 0.469 e. The molecule has 0 radical (unpaired) electrons. The van der Waals surface area contributed by atoms with Crippen LogP contribution in [0.15, 0.2) is 27.8 Å². The van der Waals surface area contributed by atoms with E-state index in [1.807, 2.05) is 26.0 Å². The molecule has 0 aromatic carbocycles. The maximum Gasteiger partial charge on any atom is 0.309 e. The summed E-state index contributed by atoms with van der Waals surface area (Å²) in [6.07, 6.45) is 5.01. The Labute approximate surface area is 185 Å². The van der Waals surface area contributed by atoms with Crippen LogP contribution in [0.3, 0.4) is 0 Å². The highest BCUT2D eigenvalue weighted by Gasteiger charge is 2.27. The van der Waals surface area contributed by atoms with Gasteiger partial charge >= 0.3 is 5.97 Å². The molecule has 0 amide bonds. The number of halogens is 1. The molecule has 1 aliphatic heterocycles. The minimum Gasteiger partial charge on any atom is -0.469 e. The third-order valence-corrected chi connectivity index (χ3v) is 4.56. The molecule has 1 aromatic rings. The van der Waals surface area contributed by atoms with E-state index < -0.39 is 0 Å². The number of nitrogens with zero attached hydrogens (tertiary/aromatic N) is 2. The average Bonchev–Trinajstić information content (AvgIpc) is 3.20. The Morgan fingerprint density at radius 1 is 1.32 bits per heavy atom. The van der Waals surface area contributed by atoms with E-state index >= 15 is 0 Å². The predicted molar refractivity (Wildman–Crippen MR) is 120 cm³/mol. The number of piperidine rings is 1. The van der Waals surface area contributed by atoms with Crippen LogP contribution in [0.5, 0.6) is 0 Å². The van der Waals surface area contributed by atoms with Gasteiger partial charge < -0.3 is 24.1 Å². The molecule has 8 heteroatoms. The van der Waals surface area contributed by atoms with Crippen molar-refractivity contribution in [3.05, 3.63) is 24.2 Å². The summed E-state index contributed by atoms with van der Waals surface area (Å²) < 4.78 is 15.9. The number of likely N-dealkylation sites (tertiary alicyclic amines) is 1. The smallest absolute Gasteiger partial charge is 0.309 e. The van der Waals surface area contributed by atoms with Gasteiger partial charge in [0.2, 0.25) is 0 Å². The fraction of sp³-hybridized carbons (Fsp3) is 0.700. The van der Waals surface area contributed by atoms with E-state index in [4.69, 9.17) is 18.9 Å². The number of ether oxygens (including phenoxy) is 2. The van der Waals surface area contributed by atoms with Crippen molar-refractivity contribution in [3.63, 3.8) is 0 Å². The Kier molecular flexibility index (Phi) is 13.0. The van der Waals surface area contributed by atoms with Gasteiger partial charge in [-0.1, -0.05) is 0 Å². The van der Waals surface area contributed by atoms with Gasteiger partial charge in [0.25, 0.3) is 0 Å². The number of furan rings is 1. The highest BCUT2D eigenvalue weighted by molar-refractivity contribution is 14.0. The zero-order valence-electron chi connectivity index (χ0n) is 17.0. The van der Waals surface area contributed by atoms with Crippen LogP contribution in [-0.2, 0) is 20.7 Å². The van der Waals surface area contributed by atoms with Gasteiger partial charge in [0.15, 0.2) is 5.96 Å². The molecule has 0 spiro atoms. The van der Waals surface area contributed by atoms with Crippen molar-refractivity contribution in [3.8, 4) is 0 Å². The Bertz CT molecular complexity index is 558. The standard InChI is InChI=1S/C20H33N3O4.HI/c1-3-25-15-6-11-21-20(22-12-8-18-7-5-16-27-18)23-13-9-17(10-14-23)19(24)26-4-2;/h5,7,16-17H,3-4,6,8-15H2,1-2H3,(H,21,22);1H. The van der Waals surface area contributed by atoms with Gasteiger partial charge in [-0.25, -0.2) is 0 Å². The molecule has 2 rings (SSSR count). The molecule has 7 nitrogen and oxygen atoms in total. The van der Waals surface area contributed by atoms with E-state index in [-0.39, 0.29) is 35.9 Å². The molecule has 1 fully saturated rings. The summed E-state index contributed by atoms with van der Waals surface area (Å²) in [5.41, 5.74) is 0. The predicted octanol–water partition coefficient (Wildman–Crippen LogP) is 3.09. The zero-order valence-corrected chi connectivity index (χ0v) is 19.4. The van der Waals surface area contributed by atoms with Crippen molar-refractivity contribution >= 4 is 35.9 Å². The second-order valence-electron chi connectivity index (χ2n) is 6.53. The number of hydrogen-bond acceptors (Lipinski definition) is 5. The van der Waals surface area contributed by atoms with Crippen molar-refractivity contribution in [2.45, 2.75) is 39.5 Å². The van der Waals surface area contributed by atoms with Crippen molar-refractivity contribution in [1.82, 2.24) is 10.2 Å². The van der Waals surface area contributed by atoms with E-state index in [0.29, 0.717) is 6.61 Å². The first-order valence-corrected chi connectivity index (χ1v) is 10.0. The quantitative estimate of drug-likeness (QED) is 0.173. The van der Waals surface area contributed by atoms with E-state index in [1.165, 1.54) is 0 Å². The fourth-order valence-corrected chi connectivity index (χ4v) is 3.10. The van der Waals surface area contributed by atoms with Gasteiger partial charge in [0.1, 0.15) is 5.76 Å². The Hall–Kier alpha value is -1.29. The number of carbonyl (C=O) groups excluding carboxylic acids is 1. The molecule has 0 unspecified atom stereocenters. The van der Waals surface area contributed by atoms with Crippen molar-refractivity contribution in [1.29, 1.82) is 0 Å². The molecular formula is C20H34IN3O4. The molecule has 1 aliphatic rings. The molecule has 0 aliphatic carbocycles. The lowest BCUT2D eigenvalue weighted by Gasteiger charge is -2.33. The van der Waals surface area contributed by atoms with Gasteiger partial charge in [0.05, 0.1) is 18.8 Å². The van der Waals surface area contributed by atoms with Crippen molar-refractivity contribution in [2.24, 2.45) is 10.9 Å². The van der Waals surface area contributed by atoms with Crippen LogP contribution in [-0.4, -0.2) is 62.8 Å². The molecule has 0 saturated carbocycles. The maximum atomic E-state index is 11.9. The number of rotatable bonds is 10. The van der Waals surface area contributed by atoms with Gasteiger partial charge in [-0.05, 0) is 45.2 Å². The first kappa shape index (κ1) is 24.7. The SMILES string of the molecule is CCOCCCN=C(NCCc1ccco1)N1CCC(C(=O)OCC)CC1.I. The van der Waals surface area contributed by atoms with Gasteiger partial charge in [-0.2, -0.15) is 0 Å². The number of aliphatic imine (C=N–C) groups is 1. The summed E-state index contributed by atoms with van der Waals surface area (Å²) in [5.74, 6) is 1.79. The highest BCUT2D eigenvalue weighted by atomic mass is 127. The molecule has 1 N–H and O–H groups in total. The summed E-state index contributed by atoms with van der Waals surface area (Å²) in [6, 6.07) is 3.88. The lowest BCUT2D eigenvalue weighted by molar-refractivity contribution is -0.149. The van der Waals surface area contributed by atoms with Gasteiger partial charge in [-0.3, -0.25) is 9.79 Å². The van der Waals surface area contributed by atoms with Crippen LogP contribution in [0.2, 0.25) is 0 Å². The third kappa shape index (κ3) is 8.81. The van der Waals surface area contributed by atoms with E-state index in [9.17, 15) is 4.79 Å². The van der Waals surface area contributed by atoms with Crippen LogP contribution in [0.1, 0.15) is 38.9 Å². The lowest BCUT2D eigenvalue weighted by atomic mass is 9.97. The number of guanidine groups is 1. The zero-order chi connectivity index (χ0) is 19.3. The van der Waals surface area contributed by atoms with E-state index in [0.717, 1.165) is 76.8 Å². The molecule has 1 aromatic heterocycles. The lowest BCUT2D eigenvalue weighted by Crippen LogP contribution is -2.47. The summed E-state index contributed by atoms with van der Waals surface area (Å²) in [6.45, 7) is 8.85. The van der Waals surface area contributed by atoms with Crippen LogP contribution < -0.4 is 5.32 Å². The Morgan fingerprint density at radius 3 is 2.75 bits per heavy atom. The Balaban J connectivity index is 0.00000392. The monoisotopic (exact) mass is 507 g/mol. The van der Waals surface area contributed by atoms with Gasteiger partial charge in [0, 0.05) is 45.8 Å². The molecule has 0 atom stereocenters. The normalized spacial score (nSPS) is 15.2. The summed E-state index contributed by atoms with van der Waals surface area (Å²) >= 11 is 0. The van der Waals surface area contributed by atoms with Crippen LogP contribution in [0, 0.1) is 5.92 Å². The molecule has 160 valence electrons. The van der Waals surface area contributed by atoms with Crippen molar-refractivity contribution < 1.29 is 18.7 Å². The number of nitrogens with one attached hydrogen (secondary N) is 1. The first-order chi connectivity index (χ1) is 13.2. The first-order valence-electron chi connectivity index (χ1n) is 10.0. The average molecular weight is 507 g/mol. The number of carbonyl (C=O) groups is 1. The minimum absolute atomic E-state index is 0. The topological polar surface area (TPSA) is 76.3 Å². The molecule has 2 heterocycles. The molecular weight excluding hydrogens is 473 g/mol. The number of hydrogen-bond donors (Lipinski definition) is 1. The fourth-order valence-electron chi connectivity index (χ4n) is 3.10. The van der Waals surface area contributed by atoms with Crippen molar-refractivity contribution in [2.75, 3.05) is 46.0 Å². The Morgan fingerprint density at radius 2 is 2.11 bits per heavy atom. The summed E-state index contributed by atoms with van der Waals surface area (Å²) in [7, 11) is 0. The molecule has 28 heavy (non-hydrogen) atoms. The van der Waals surface area contributed by atoms with E-state index in [1.54, 1.807) is 6.26 Å². The minimum atomic E-state index is -0.0712. The third-order valence-electron chi connectivity index (χ3n) is 4.56. The second kappa shape index (κ2) is 14.7.